The number of hydrogen-bond acceptors (Lipinski definition) is 4. The fourth-order valence-corrected chi connectivity index (χ4v) is 3.77. The van der Waals surface area contributed by atoms with Crippen LogP contribution in [0.15, 0.2) is 18.2 Å². The highest BCUT2D eigenvalue weighted by Gasteiger charge is 2.40. The summed E-state index contributed by atoms with van der Waals surface area (Å²) in [6, 6.07) is 6.45. The molecule has 2 unspecified atom stereocenters. The maximum Gasteiger partial charge on any atom is 0.119 e. The Labute approximate surface area is 127 Å². The Bertz CT molecular complexity index is 506. The second-order valence-electron chi connectivity index (χ2n) is 6.37. The maximum absolute atomic E-state index is 6.23. The van der Waals surface area contributed by atoms with E-state index in [4.69, 9.17) is 15.2 Å². The molecule has 4 heteroatoms. The molecular weight excluding hydrogens is 264 g/mol. The van der Waals surface area contributed by atoms with E-state index in [0.717, 1.165) is 44.7 Å². The van der Waals surface area contributed by atoms with Gasteiger partial charge in [0.25, 0.3) is 0 Å². The second kappa shape index (κ2) is 5.95. The Balaban J connectivity index is 1.86. The second-order valence-corrected chi connectivity index (χ2v) is 6.37. The van der Waals surface area contributed by atoms with Crippen molar-refractivity contribution >= 4 is 0 Å². The van der Waals surface area contributed by atoms with Gasteiger partial charge < -0.3 is 15.2 Å². The van der Waals surface area contributed by atoms with Crippen LogP contribution >= 0.6 is 0 Å². The van der Waals surface area contributed by atoms with Crippen LogP contribution in [0.4, 0.5) is 0 Å². The largest absolute Gasteiger partial charge is 0.497 e. The predicted octanol–water partition coefficient (Wildman–Crippen LogP) is 1.60. The Hall–Kier alpha value is -1.10. The van der Waals surface area contributed by atoms with Crippen molar-refractivity contribution in [2.75, 3.05) is 33.4 Å². The molecule has 1 heterocycles. The standard InChI is InChI=1S/C17H26N2O2/c1-13-11-19(7-8-21-13)17(12-18)6-5-14-3-4-16(20-2)9-15(14)10-17/h3-4,9,13H,5-8,10-12,18H2,1-2H3. The number of ether oxygens (including phenoxy) is 2. The summed E-state index contributed by atoms with van der Waals surface area (Å²) in [6.45, 7) is 5.64. The maximum atomic E-state index is 6.23. The van der Waals surface area contributed by atoms with E-state index in [1.807, 2.05) is 0 Å². The van der Waals surface area contributed by atoms with Gasteiger partial charge in [0.05, 0.1) is 19.8 Å². The minimum Gasteiger partial charge on any atom is -0.497 e. The van der Waals surface area contributed by atoms with Gasteiger partial charge in [0.1, 0.15) is 5.75 Å². The van der Waals surface area contributed by atoms with E-state index in [9.17, 15) is 0 Å². The molecule has 1 aliphatic heterocycles. The van der Waals surface area contributed by atoms with E-state index >= 15 is 0 Å². The van der Waals surface area contributed by atoms with E-state index in [-0.39, 0.29) is 5.54 Å². The van der Waals surface area contributed by atoms with Crippen LogP contribution in [0.3, 0.4) is 0 Å². The SMILES string of the molecule is COc1ccc2c(c1)CC(CN)(N1CCOC(C)C1)CC2. The molecule has 1 aromatic carbocycles. The van der Waals surface area contributed by atoms with Gasteiger partial charge in [-0.1, -0.05) is 6.07 Å². The minimum atomic E-state index is 0.0808. The molecule has 0 radical (unpaired) electrons. The van der Waals surface area contributed by atoms with Crippen LogP contribution in [0.1, 0.15) is 24.5 Å². The first-order valence-corrected chi connectivity index (χ1v) is 7.89. The summed E-state index contributed by atoms with van der Waals surface area (Å²) in [4.78, 5) is 2.56. The van der Waals surface area contributed by atoms with Crippen molar-refractivity contribution in [1.29, 1.82) is 0 Å². The van der Waals surface area contributed by atoms with Gasteiger partial charge in [-0.3, -0.25) is 4.90 Å². The zero-order valence-corrected chi connectivity index (χ0v) is 13.1. The number of morpholine rings is 1. The molecule has 0 saturated carbocycles. The molecule has 21 heavy (non-hydrogen) atoms. The fraction of sp³-hybridized carbons (Fsp3) is 0.647. The zero-order valence-electron chi connectivity index (χ0n) is 13.1. The Kier molecular flexibility index (Phi) is 4.20. The van der Waals surface area contributed by atoms with E-state index in [2.05, 4.69) is 30.0 Å². The summed E-state index contributed by atoms with van der Waals surface area (Å²) in [6.07, 6.45) is 3.55. The minimum absolute atomic E-state index is 0.0808. The first kappa shape index (κ1) is 14.8. The summed E-state index contributed by atoms with van der Waals surface area (Å²) in [5.41, 5.74) is 9.15. The van der Waals surface area contributed by atoms with E-state index in [1.165, 1.54) is 11.1 Å². The molecular formula is C17H26N2O2. The smallest absolute Gasteiger partial charge is 0.119 e. The number of rotatable bonds is 3. The topological polar surface area (TPSA) is 47.7 Å². The summed E-state index contributed by atoms with van der Waals surface area (Å²) >= 11 is 0. The van der Waals surface area contributed by atoms with E-state index in [1.54, 1.807) is 7.11 Å². The van der Waals surface area contributed by atoms with Gasteiger partial charge in [0, 0.05) is 25.2 Å². The third kappa shape index (κ3) is 2.80. The van der Waals surface area contributed by atoms with Crippen LogP contribution in [0.5, 0.6) is 5.75 Å². The van der Waals surface area contributed by atoms with Crippen molar-refractivity contribution in [2.45, 2.75) is 37.8 Å². The van der Waals surface area contributed by atoms with Gasteiger partial charge in [0.2, 0.25) is 0 Å². The van der Waals surface area contributed by atoms with Crippen LogP contribution < -0.4 is 10.5 Å². The number of methoxy groups -OCH3 is 1. The average Bonchev–Trinajstić information content (AvgIpc) is 2.53. The molecule has 3 rings (SSSR count). The predicted molar refractivity (Wildman–Crippen MR) is 83.8 cm³/mol. The molecule has 2 aliphatic rings. The van der Waals surface area contributed by atoms with Gasteiger partial charge in [-0.25, -0.2) is 0 Å². The first-order valence-electron chi connectivity index (χ1n) is 7.89. The molecule has 2 atom stereocenters. The van der Waals surface area contributed by atoms with Gasteiger partial charge in [-0.15, -0.1) is 0 Å². The van der Waals surface area contributed by atoms with Crippen LogP contribution in [0.2, 0.25) is 0 Å². The van der Waals surface area contributed by atoms with Crippen LogP contribution in [0.25, 0.3) is 0 Å². The van der Waals surface area contributed by atoms with Crippen molar-refractivity contribution in [3.63, 3.8) is 0 Å². The molecule has 0 amide bonds. The van der Waals surface area contributed by atoms with Gasteiger partial charge in [-0.2, -0.15) is 0 Å². The summed E-state index contributed by atoms with van der Waals surface area (Å²) in [5, 5.41) is 0. The third-order valence-electron chi connectivity index (χ3n) is 5.08. The van der Waals surface area contributed by atoms with Crippen molar-refractivity contribution in [3.8, 4) is 5.75 Å². The van der Waals surface area contributed by atoms with Crippen LogP contribution in [0, 0.1) is 0 Å². The average molecular weight is 290 g/mol. The first-order chi connectivity index (χ1) is 10.2. The molecule has 1 saturated heterocycles. The lowest BCUT2D eigenvalue weighted by Crippen LogP contribution is -2.61. The lowest BCUT2D eigenvalue weighted by Gasteiger charge is -2.49. The highest BCUT2D eigenvalue weighted by molar-refractivity contribution is 5.39. The Morgan fingerprint density at radius 3 is 3.00 bits per heavy atom. The normalized spacial score (nSPS) is 30.0. The third-order valence-corrected chi connectivity index (χ3v) is 5.08. The molecule has 0 spiro atoms. The monoisotopic (exact) mass is 290 g/mol. The molecule has 1 aromatic rings. The lowest BCUT2D eigenvalue weighted by atomic mass is 9.76. The zero-order chi connectivity index (χ0) is 14.9. The molecule has 0 bridgehead atoms. The fourth-order valence-electron chi connectivity index (χ4n) is 3.77. The molecule has 0 aromatic heterocycles. The number of aryl methyl sites for hydroxylation is 1. The molecule has 1 aliphatic carbocycles. The Morgan fingerprint density at radius 1 is 1.43 bits per heavy atom. The Morgan fingerprint density at radius 2 is 2.29 bits per heavy atom. The molecule has 2 N–H and O–H groups in total. The van der Waals surface area contributed by atoms with E-state index < -0.39 is 0 Å². The van der Waals surface area contributed by atoms with E-state index in [0.29, 0.717) is 12.6 Å². The quantitative estimate of drug-likeness (QED) is 0.918. The van der Waals surface area contributed by atoms with Crippen molar-refractivity contribution < 1.29 is 9.47 Å². The van der Waals surface area contributed by atoms with Gasteiger partial charge >= 0.3 is 0 Å². The number of benzene rings is 1. The molecule has 116 valence electrons. The number of nitrogens with two attached hydrogens (primary N) is 1. The highest BCUT2D eigenvalue weighted by Crippen LogP contribution is 2.35. The molecule has 1 fully saturated rings. The van der Waals surface area contributed by atoms with Crippen molar-refractivity contribution in [1.82, 2.24) is 4.90 Å². The number of fused-ring (bicyclic) bond motifs is 1. The van der Waals surface area contributed by atoms with Gasteiger partial charge in [-0.05, 0) is 49.4 Å². The highest BCUT2D eigenvalue weighted by atomic mass is 16.5. The molecule has 4 nitrogen and oxygen atoms in total. The van der Waals surface area contributed by atoms with Crippen LogP contribution in [-0.4, -0.2) is 49.9 Å². The summed E-state index contributed by atoms with van der Waals surface area (Å²) < 4.78 is 11.1. The van der Waals surface area contributed by atoms with Gasteiger partial charge in [0.15, 0.2) is 0 Å². The van der Waals surface area contributed by atoms with Crippen molar-refractivity contribution in [3.05, 3.63) is 29.3 Å². The summed E-state index contributed by atoms with van der Waals surface area (Å²) in [5.74, 6) is 0.942. The number of nitrogens with zero attached hydrogens (tertiary/aromatic N) is 1. The van der Waals surface area contributed by atoms with Crippen molar-refractivity contribution in [2.24, 2.45) is 5.73 Å². The van der Waals surface area contributed by atoms with Crippen LogP contribution in [-0.2, 0) is 17.6 Å². The summed E-state index contributed by atoms with van der Waals surface area (Å²) in [7, 11) is 1.73. The lowest BCUT2D eigenvalue weighted by molar-refractivity contribution is -0.0643. The number of hydrogen-bond donors (Lipinski definition) is 1.